The molecule has 0 bridgehead atoms. The van der Waals surface area contributed by atoms with Gasteiger partial charge in [0.15, 0.2) is 0 Å². The molecule has 3 aromatic heterocycles. The largest absolute Gasteiger partial charge is 0.340 e. The molecule has 0 saturated heterocycles. The molecule has 0 amide bonds. The Morgan fingerprint density at radius 2 is 1.71 bits per heavy atom. The minimum atomic E-state index is -0.289. The average Bonchev–Trinajstić information content (AvgIpc) is 3.18. The number of hydrogen-bond donors (Lipinski definition) is 1. The first-order valence-electron chi connectivity index (χ1n) is 9.09. The van der Waals surface area contributed by atoms with Crippen LogP contribution in [0.2, 0.25) is 0 Å². The summed E-state index contributed by atoms with van der Waals surface area (Å²) in [6, 6.07) is 18.9. The lowest BCUT2D eigenvalue weighted by molar-refractivity contribution is 0.607. The van der Waals surface area contributed by atoms with Gasteiger partial charge >= 0.3 is 0 Å². The Morgan fingerprint density at radius 3 is 2.50 bits per heavy atom. The monoisotopic (exact) mass is 367 g/mol. The fourth-order valence-corrected chi connectivity index (χ4v) is 3.52. The summed E-state index contributed by atoms with van der Waals surface area (Å²) in [5.74, 6) is 0.733. The summed E-state index contributed by atoms with van der Waals surface area (Å²) in [4.78, 5) is 30.2. The number of nitrogens with one attached hydrogen (secondary N) is 1. The molecule has 6 heteroatoms. The van der Waals surface area contributed by atoms with E-state index in [-0.39, 0.29) is 11.6 Å². The Labute approximate surface area is 160 Å². The van der Waals surface area contributed by atoms with E-state index in [1.54, 1.807) is 23.0 Å². The van der Waals surface area contributed by atoms with Gasteiger partial charge in [-0.25, -0.2) is 9.97 Å². The van der Waals surface area contributed by atoms with E-state index in [4.69, 9.17) is 4.98 Å². The molecule has 0 spiro atoms. The van der Waals surface area contributed by atoms with Gasteiger partial charge in [0.05, 0.1) is 28.1 Å². The van der Waals surface area contributed by atoms with Gasteiger partial charge in [-0.05, 0) is 43.3 Å². The van der Waals surface area contributed by atoms with E-state index >= 15 is 0 Å². The van der Waals surface area contributed by atoms with Crippen molar-refractivity contribution in [3.8, 4) is 11.3 Å². The van der Waals surface area contributed by atoms with Crippen LogP contribution in [0.4, 0.5) is 0 Å². The van der Waals surface area contributed by atoms with Gasteiger partial charge in [-0.3, -0.25) is 14.3 Å². The summed E-state index contributed by atoms with van der Waals surface area (Å²) >= 11 is 0. The fraction of sp³-hybridized carbons (Fsp3) is 0.0909. The van der Waals surface area contributed by atoms with Gasteiger partial charge in [-0.1, -0.05) is 24.3 Å². The van der Waals surface area contributed by atoms with E-state index in [0.29, 0.717) is 11.3 Å². The van der Waals surface area contributed by atoms with E-state index in [2.05, 4.69) is 15.0 Å². The van der Waals surface area contributed by atoms with Crippen LogP contribution < -0.4 is 5.56 Å². The van der Waals surface area contributed by atoms with Crippen LogP contribution in [-0.2, 0) is 0 Å². The molecule has 1 N–H and O–H groups in total. The van der Waals surface area contributed by atoms with Crippen LogP contribution >= 0.6 is 0 Å². The molecule has 2 aromatic carbocycles. The number of pyridine rings is 1. The van der Waals surface area contributed by atoms with Crippen LogP contribution in [0.15, 0.2) is 77.9 Å². The molecule has 136 valence electrons. The first kappa shape index (κ1) is 16.4. The van der Waals surface area contributed by atoms with Crippen LogP contribution in [0.25, 0.3) is 33.3 Å². The first-order valence-corrected chi connectivity index (χ1v) is 9.09. The summed E-state index contributed by atoms with van der Waals surface area (Å²) in [7, 11) is 0. The van der Waals surface area contributed by atoms with Gasteiger partial charge in [0.1, 0.15) is 11.5 Å². The smallest absolute Gasteiger partial charge is 0.278 e. The Kier molecular flexibility index (Phi) is 3.76. The highest BCUT2D eigenvalue weighted by atomic mass is 16.1. The highest BCUT2D eigenvalue weighted by Crippen LogP contribution is 2.23. The van der Waals surface area contributed by atoms with Gasteiger partial charge in [0, 0.05) is 18.0 Å². The van der Waals surface area contributed by atoms with Crippen molar-refractivity contribution in [1.29, 1.82) is 0 Å². The van der Waals surface area contributed by atoms with E-state index in [9.17, 15) is 4.79 Å². The summed E-state index contributed by atoms with van der Waals surface area (Å²) in [5, 5.41) is 0. The van der Waals surface area contributed by atoms with Gasteiger partial charge in [0.2, 0.25) is 0 Å². The van der Waals surface area contributed by atoms with Gasteiger partial charge in [0.25, 0.3) is 5.56 Å². The number of imidazole rings is 1. The summed E-state index contributed by atoms with van der Waals surface area (Å²) in [6.45, 7) is 1.97. The molecule has 0 aliphatic heterocycles. The second kappa shape index (κ2) is 6.42. The molecule has 0 fully saturated rings. The highest BCUT2D eigenvalue weighted by molar-refractivity contribution is 5.78. The molecule has 6 nitrogen and oxygen atoms in total. The third-order valence-electron chi connectivity index (χ3n) is 4.92. The van der Waals surface area contributed by atoms with Crippen molar-refractivity contribution in [3.63, 3.8) is 0 Å². The van der Waals surface area contributed by atoms with Crippen molar-refractivity contribution in [3.05, 3.63) is 89.2 Å². The van der Waals surface area contributed by atoms with E-state index < -0.39 is 0 Å². The number of H-pyrrole nitrogens is 1. The molecule has 0 aliphatic carbocycles. The highest BCUT2D eigenvalue weighted by Gasteiger charge is 2.20. The predicted octanol–water partition coefficient (Wildman–Crippen LogP) is 3.94. The minimum Gasteiger partial charge on any atom is -0.340 e. The molecule has 0 saturated carbocycles. The predicted molar refractivity (Wildman–Crippen MR) is 109 cm³/mol. The van der Waals surface area contributed by atoms with E-state index in [1.165, 1.54) is 0 Å². The molecular weight excluding hydrogens is 350 g/mol. The molecule has 28 heavy (non-hydrogen) atoms. The minimum absolute atomic E-state index is 0.167. The summed E-state index contributed by atoms with van der Waals surface area (Å²) in [6.07, 6.45) is 3.34. The second-order valence-electron chi connectivity index (χ2n) is 6.68. The number of rotatable bonds is 3. The van der Waals surface area contributed by atoms with Crippen molar-refractivity contribution in [2.24, 2.45) is 0 Å². The Bertz CT molecular complexity index is 1320. The summed E-state index contributed by atoms with van der Waals surface area (Å²) < 4.78 is 1.75. The maximum absolute atomic E-state index is 13.4. The van der Waals surface area contributed by atoms with Crippen molar-refractivity contribution in [2.75, 3.05) is 0 Å². The third kappa shape index (κ3) is 2.58. The number of benzene rings is 2. The van der Waals surface area contributed by atoms with Crippen LogP contribution in [-0.4, -0.2) is 24.5 Å². The molecule has 3 heterocycles. The maximum atomic E-state index is 13.4. The number of para-hydroxylation sites is 4. The Balaban J connectivity index is 1.78. The molecular formula is C22H17N5O. The number of hydrogen-bond acceptors (Lipinski definition) is 4. The van der Waals surface area contributed by atoms with Crippen LogP contribution in [0, 0.1) is 0 Å². The molecule has 0 radical (unpaired) electrons. The molecule has 5 aromatic rings. The van der Waals surface area contributed by atoms with Crippen molar-refractivity contribution in [2.45, 2.75) is 13.0 Å². The Morgan fingerprint density at radius 1 is 0.929 bits per heavy atom. The average molecular weight is 367 g/mol. The number of nitrogens with zero attached hydrogens (tertiary/aromatic N) is 4. The summed E-state index contributed by atoms with van der Waals surface area (Å²) in [5.41, 5.74) is 4.27. The zero-order valence-corrected chi connectivity index (χ0v) is 15.2. The normalized spacial score (nSPS) is 12.5. The van der Waals surface area contributed by atoms with Gasteiger partial charge in [-0.2, -0.15) is 0 Å². The fourth-order valence-electron chi connectivity index (χ4n) is 3.52. The van der Waals surface area contributed by atoms with E-state index in [0.717, 1.165) is 27.9 Å². The van der Waals surface area contributed by atoms with Crippen molar-refractivity contribution < 1.29 is 0 Å². The zero-order valence-electron chi connectivity index (χ0n) is 15.2. The second-order valence-corrected chi connectivity index (χ2v) is 6.68. The lowest BCUT2D eigenvalue weighted by Gasteiger charge is -2.17. The van der Waals surface area contributed by atoms with Crippen molar-refractivity contribution in [1.82, 2.24) is 24.5 Å². The third-order valence-corrected chi connectivity index (χ3v) is 4.92. The molecule has 5 rings (SSSR count). The van der Waals surface area contributed by atoms with Crippen LogP contribution in [0.1, 0.15) is 18.8 Å². The number of fused-ring (bicyclic) bond motifs is 2. The lowest BCUT2D eigenvalue weighted by Crippen LogP contribution is -2.27. The van der Waals surface area contributed by atoms with E-state index in [1.807, 2.05) is 61.5 Å². The topological polar surface area (TPSA) is 76.5 Å². The SMILES string of the molecule is CC(c1nc2ccccc2[nH]1)n1c(=O)c(-c2cccnc2)nc2ccccc21. The standard InChI is InChI=1S/C22H17N5O/c1-14(21-25-16-8-2-3-9-17(16)26-21)27-19-11-5-4-10-18(19)24-20(22(27)28)15-7-6-12-23-13-15/h2-14H,1H3,(H,25,26). The number of aromatic amines is 1. The molecule has 0 aliphatic rings. The van der Waals surface area contributed by atoms with Crippen LogP contribution in [0.5, 0.6) is 0 Å². The number of aromatic nitrogens is 5. The lowest BCUT2D eigenvalue weighted by atomic mass is 10.1. The first-order chi connectivity index (χ1) is 13.7. The van der Waals surface area contributed by atoms with Crippen LogP contribution in [0.3, 0.4) is 0 Å². The van der Waals surface area contributed by atoms with Gasteiger partial charge in [-0.15, -0.1) is 0 Å². The molecule has 1 unspecified atom stereocenters. The Hall–Kier alpha value is -3.80. The quantitative estimate of drug-likeness (QED) is 0.524. The molecule has 1 atom stereocenters. The van der Waals surface area contributed by atoms with Gasteiger partial charge < -0.3 is 4.98 Å². The zero-order chi connectivity index (χ0) is 19.1. The maximum Gasteiger partial charge on any atom is 0.278 e. The van der Waals surface area contributed by atoms with Crippen molar-refractivity contribution >= 4 is 22.1 Å².